The summed E-state index contributed by atoms with van der Waals surface area (Å²) in [5.41, 5.74) is 3.05. The lowest BCUT2D eigenvalue weighted by Gasteiger charge is -2.11. The average molecular weight is 379 g/mol. The van der Waals surface area contributed by atoms with Gasteiger partial charge in [0.25, 0.3) is 5.91 Å². The van der Waals surface area contributed by atoms with Gasteiger partial charge in [-0.05, 0) is 31.2 Å². The van der Waals surface area contributed by atoms with E-state index < -0.39 is 0 Å². The summed E-state index contributed by atoms with van der Waals surface area (Å²) in [4.78, 5) is 16.6. The van der Waals surface area contributed by atoms with E-state index in [1.807, 2.05) is 42.6 Å². The number of nitrogens with one attached hydrogen (secondary N) is 1. The first kappa shape index (κ1) is 18.4. The van der Waals surface area contributed by atoms with Gasteiger partial charge in [-0.3, -0.25) is 4.79 Å². The van der Waals surface area contributed by atoms with Crippen molar-refractivity contribution >= 4 is 22.9 Å². The van der Waals surface area contributed by atoms with E-state index in [4.69, 9.17) is 14.7 Å². The van der Waals surface area contributed by atoms with E-state index in [-0.39, 0.29) is 12.5 Å². The number of hydrogen-bond donors (Lipinski definition) is 1. The molecule has 7 heteroatoms. The molecule has 6 nitrogen and oxygen atoms in total. The van der Waals surface area contributed by atoms with Crippen molar-refractivity contribution in [3.8, 4) is 28.8 Å². The number of rotatable bonds is 6. The number of hydrogen-bond acceptors (Lipinski definition) is 6. The second-order valence-electron chi connectivity index (χ2n) is 5.64. The molecule has 0 bridgehead atoms. The van der Waals surface area contributed by atoms with Gasteiger partial charge in [-0.2, -0.15) is 5.26 Å². The number of carbonyl (C=O) groups is 1. The number of methoxy groups -OCH3 is 1. The second-order valence-corrected chi connectivity index (χ2v) is 6.71. The Hall–Kier alpha value is -3.37. The molecule has 136 valence electrons. The zero-order chi connectivity index (χ0) is 19.2. The van der Waals surface area contributed by atoms with Crippen LogP contribution in [0.2, 0.25) is 0 Å². The van der Waals surface area contributed by atoms with Crippen molar-refractivity contribution in [1.82, 2.24) is 4.98 Å². The number of benzene rings is 2. The Kier molecular flexibility index (Phi) is 5.69. The molecule has 0 radical (unpaired) electrons. The summed E-state index contributed by atoms with van der Waals surface area (Å²) in [6.45, 7) is 1.79. The van der Waals surface area contributed by atoms with E-state index in [1.165, 1.54) is 7.11 Å². The quantitative estimate of drug-likeness (QED) is 0.699. The first-order valence-corrected chi connectivity index (χ1v) is 9.00. The van der Waals surface area contributed by atoms with Crippen LogP contribution in [0.5, 0.6) is 11.5 Å². The van der Waals surface area contributed by atoms with Crippen molar-refractivity contribution < 1.29 is 14.3 Å². The Morgan fingerprint density at radius 1 is 1.22 bits per heavy atom. The Morgan fingerprint density at radius 2 is 2.00 bits per heavy atom. The molecular weight excluding hydrogens is 362 g/mol. The van der Waals surface area contributed by atoms with Crippen LogP contribution in [0.15, 0.2) is 47.8 Å². The number of carbonyl (C=O) groups excluding carboxylic acids is 1. The molecule has 3 rings (SSSR count). The molecule has 3 aromatic rings. The summed E-state index contributed by atoms with van der Waals surface area (Å²) >= 11 is 1.60. The number of ether oxygens (including phenoxy) is 2. The van der Waals surface area contributed by atoms with Crippen molar-refractivity contribution in [3.63, 3.8) is 0 Å². The van der Waals surface area contributed by atoms with Gasteiger partial charge < -0.3 is 14.8 Å². The Balaban J connectivity index is 1.59. The normalized spacial score (nSPS) is 10.1. The Bertz CT molecular complexity index is 990. The minimum Gasteiger partial charge on any atom is -0.493 e. The third-order valence-electron chi connectivity index (χ3n) is 3.73. The molecule has 0 aliphatic heterocycles. The minimum atomic E-state index is -0.293. The van der Waals surface area contributed by atoms with Crippen molar-refractivity contribution in [2.75, 3.05) is 19.0 Å². The fourth-order valence-corrected chi connectivity index (χ4v) is 3.04. The van der Waals surface area contributed by atoms with Crippen LogP contribution in [0.1, 0.15) is 10.6 Å². The van der Waals surface area contributed by atoms with E-state index in [1.54, 1.807) is 29.5 Å². The number of thiazole rings is 1. The van der Waals surface area contributed by atoms with Crippen LogP contribution in [0.3, 0.4) is 0 Å². The lowest BCUT2D eigenvalue weighted by molar-refractivity contribution is -0.118. The average Bonchev–Trinajstić information content (AvgIpc) is 3.13. The van der Waals surface area contributed by atoms with Crippen LogP contribution in [0.4, 0.5) is 5.69 Å². The van der Waals surface area contributed by atoms with Gasteiger partial charge in [0.1, 0.15) is 0 Å². The van der Waals surface area contributed by atoms with Gasteiger partial charge in [-0.1, -0.05) is 12.1 Å². The molecule has 0 aliphatic rings. The zero-order valence-electron chi connectivity index (χ0n) is 14.9. The maximum atomic E-state index is 12.1. The van der Waals surface area contributed by atoms with Crippen LogP contribution in [-0.4, -0.2) is 24.6 Å². The highest BCUT2D eigenvalue weighted by Crippen LogP contribution is 2.28. The molecule has 1 amide bonds. The monoisotopic (exact) mass is 379 g/mol. The van der Waals surface area contributed by atoms with Crippen LogP contribution < -0.4 is 14.8 Å². The summed E-state index contributed by atoms with van der Waals surface area (Å²) in [5, 5.41) is 14.7. The third-order valence-corrected chi connectivity index (χ3v) is 4.51. The van der Waals surface area contributed by atoms with Gasteiger partial charge in [0.2, 0.25) is 0 Å². The highest BCUT2D eigenvalue weighted by atomic mass is 32.1. The van der Waals surface area contributed by atoms with Gasteiger partial charge in [-0.25, -0.2) is 4.98 Å². The number of amides is 1. The first-order chi connectivity index (χ1) is 13.1. The predicted octanol–water partition coefficient (Wildman–Crippen LogP) is 4.02. The smallest absolute Gasteiger partial charge is 0.262 e. The summed E-state index contributed by atoms with van der Waals surface area (Å²) in [7, 11) is 1.48. The summed E-state index contributed by atoms with van der Waals surface area (Å²) in [5.74, 6) is 0.518. The maximum Gasteiger partial charge on any atom is 0.262 e. The lowest BCUT2D eigenvalue weighted by Crippen LogP contribution is -2.20. The van der Waals surface area contributed by atoms with Crippen molar-refractivity contribution in [2.45, 2.75) is 6.92 Å². The van der Waals surface area contributed by atoms with Gasteiger partial charge in [0, 0.05) is 22.7 Å². The summed E-state index contributed by atoms with van der Waals surface area (Å²) < 4.78 is 10.7. The molecule has 0 saturated carbocycles. The molecule has 0 spiro atoms. The number of aromatic nitrogens is 1. The third kappa shape index (κ3) is 4.63. The topological polar surface area (TPSA) is 84.2 Å². The molecule has 1 N–H and O–H groups in total. The zero-order valence-corrected chi connectivity index (χ0v) is 15.7. The number of nitrogens with zero attached hydrogens (tertiary/aromatic N) is 2. The molecule has 0 atom stereocenters. The number of anilines is 1. The Labute approximate surface area is 161 Å². The predicted molar refractivity (Wildman–Crippen MR) is 104 cm³/mol. The molecule has 2 aromatic carbocycles. The molecular formula is C20H17N3O3S. The molecule has 0 saturated heterocycles. The largest absolute Gasteiger partial charge is 0.493 e. The van der Waals surface area contributed by atoms with Gasteiger partial charge in [-0.15, -0.1) is 11.3 Å². The van der Waals surface area contributed by atoms with Gasteiger partial charge >= 0.3 is 0 Å². The molecule has 0 fully saturated rings. The van der Waals surface area contributed by atoms with Gasteiger partial charge in [0.15, 0.2) is 18.1 Å². The highest BCUT2D eigenvalue weighted by Gasteiger charge is 2.09. The SMILES string of the molecule is COc1cc(C#N)ccc1OCC(=O)Nc1ccc(-c2csc(C)n2)cc1. The van der Waals surface area contributed by atoms with Crippen LogP contribution >= 0.6 is 11.3 Å². The fourth-order valence-electron chi connectivity index (χ4n) is 2.42. The van der Waals surface area contributed by atoms with E-state index in [9.17, 15) is 4.79 Å². The van der Waals surface area contributed by atoms with Crippen LogP contribution in [0.25, 0.3) is 11.3 Å². The van der Waals surface area contributed by atoms with Crippen molar-refractivity contribution in [1.29, 1.82) is 5.26 Å². The standard InChI is InChI=1S/C20H17N3O3S/c1-13-22-17(12-27-13)15-4-6-16(7-5-15)23-20(24)11-26-18-8-3-14(10-21)9-19(18)25-2/h3-9,12H,11H2,1-2H3,(H,23,24). The maximum absolute atomic E-state index is 12.1. The van der Waals surface area contributed by atoms with Gasteiger partial charge in [0.05, 0.1) is 29.4 Å². The molecule has 0 unspecified atom stereocenters. The van der Waals surface area contributed by atoms with E-state index >= 15 is 0 Å². The van der Waals surface area contributed by atoms with E-state index in [0.29, 0.717) is 22.7 Å². The second kappa shape index (κ2) is 8.34. The first-order valence-electron chi connectivity index (χ1n) is 8.12. The molecule has 27 heavy (non-hydrogen) atoms. The lowest BCUT2D eigenvalue weighted by atomic mass is 10.1. The van der Waals surface area contributed by atoms with E-state index in [2.05, 4.69) is 10.3 Å². The van der Waals surface area contributed by atoms with E-state index in [0.717, 1.165) is 16.3 Å². The fraction of sp³-hybridized carbons (Fsp3) is 0.150. The Morgan fingerprint density at radius 3 is 2.63 bits per heavy atom. The summed E-state index contributed by atoms with van der Waals surface area (Å²) in [6, 6.07) is 14.3. The molecule has 0 aliphatic carbocycles. The molecule has 1 aromatic heterocycles. The minimum absolute atomic E-state index is 0.171. The summed E-state index contributed by atoms with van der Waals surface area (Å²) in [6.07, 6.45) is 0. The number of aryl methyl sites for hydroxylation is 1. The van der Waals surface area contributed by atoms with Crippen molar-refractivity contribution in [3.05, 3.63) is 58.4 Å². The van der Waals surface area contributed by atoms with Crippen LogP contribution in [-0.2, 0) is 4.79 Å². The highest BCUT2D eigenvalue weighted by molar-refractivity contribution is 7.09. The molecule has 1 heterocycles. The van der Waals surface area contributed by atoms with Crippen LogP contribution in [0, 0.1) is 18.3 Å². The van der Waals surface area contributed by atoms with Crippen molar-refractivity contribution in [2.24, 2.45) is 0 Å². The number of nitriles is 1.